The molecule has 128 valence electrons. The minimum absolute atomic E-state index is 0.0991. The van der Waals surface area contributed by atoms with Crippen LogP contribution in [0, 0.1) is 0 Å². The Hall–Kier alpha value is -2.99. The summed E-state index contributed by atoms with van der Waals surface area (Å²) < 4.78 is 5.18. The maximum atomic E-state index is 12.1. The summed E-state index contributed by atoms with van der Waals surface area (Å²) in [6.07, 6.45) is 0. The molecule has 0 saturated heterocycles. The molecule has 2 aromatic carbocycles. The predicted molar refractivity (Wildman–Crippen MR) is 98.4 cm³/mol. The molecule has 0 bridgehead atoms. The van der Waals surface area contributed by atoms with E-state index in [2.05, 4.69) is 15.6 Å². The number of aromatic amines is 1. The number of urea groups is 1. The van der Waals surface area contributed by atoms with Crippen LogP contribution >= 0.6 is 11.6 Å². The molecule has 1 heterocycles. The Kier molecular flexibility index (Phi) is 4.90. The van der Waals surface area contributed by atoms with Gasteiger partial charge in [0.05, 0.1) is 7.11 Å². The lowest BCUT2D eigenvalue weighted by molar-refractivity contribution is 0.251. The lowest BCUT2D eigenvalue weighted by Crippen LogP contribution is -2.30. The van der Waals surface area contributed by atoms with Crippen LogP contribution in [0.15, 0.2) is 53.3 Å². The average Bonchev–Trinajstić information content (AvgIpc) is 2.61. The highest BCUT2D eigenvalue weighted by Crippen LogP contribution is 2.18. The average molecular weight is 358 g/mol. The van der Waals surface area contributed by atoms with Crippen LogP contribution in [-0.2, 0) is 6.54 Å². The summed E-state index contributed by atoms with van der Waals surface area (Å²) in [7, 11) is 1.58. The number of carbonyl (C=O) groups is 1. The van der Waals surface area contributed by atoms with Gasteiger partial charge >= 0.3 is 6.03 Å². The Morgan fingerprint density at radius 1 is 1.16 bits per heavy atom. The van der Waals surface area contributed by atoms with Gasteiger partial charge in [0.1, 0.15) is 5.75 Å². The van der Waals surface area contributed by atoms with Crippen LogP contribution in [0.4, 0.5) is 10.5 Å². The van der Waals surface area contributed by atoms with E-state index in [-0.39, 0.29) is 12.1 Å². The summed E-state index contributed by atoms with van der Waals surface area (Å²) in [5.74, 6) is 0.693. The molecule has 0 fully saturated rings. The molecule has 3 aromatic rings. The van der Waals surface area contributed by atoms with Crippen molar-refractivity contribution in [3.05, 3.63) is 69.5 Å². The zero-order valence-electron chi connectivity index (χ0n) is 13.4. The minimum Gasteiger partial charge on any atom is -0.497 e. The number of hydrogen-bond acceptors (Lipinski definition) is 3. The van der Waals surface area contributed by atoms with Crippen molar-refractivity contribution >= 4 is 34.2 Å². The van der Waals surface area contributed by atoms with E-state index < -0.39 is 6.03 Å². The van der Waals surface area contributed by atoms with Crippen LogP contribution < -0.4 is 20.9 Å². The molecule has 0 spiro atoms. The Bertz CT molecular complexity index is 967. The van der Waals surface area contributed by atoms with Gasteiger partial charge in [0.25, 0.3) is 5.56 Å². The van der Waals surface area contributed by atoms with Crippen LogP contribution in [0.2, 0.25) is 5.02 Å². The maximum Gasteiger partial charge on any atom is 0.319 e. The van der Waals surface area contributed by atoms with Gasteiger partial charge in [-0.05, 0) is 48.5 Å². The number of aromatic nitrogens is 1. The Morgan fingerprint density at radius 2 is 1.92 bits per heavy atom. The topological polar surface area (TPSA) is 83.2 Å². The molecule has 0 aliphatic carbocycles. The van der Waals surface area contributed by atoms with Gasteiger partial charge in [-0.2, -0.15) is 0 Å². The second-order valence-electron chi connectivity index (χ2n) is 5.39. The minimum atomic E-state index is -0.410. The zero-order valence-corrected chi connectivity index (χ0v) is 14.2. The van der Waals surface area contributed by atoms with Crippen molar-refractivity contribution in [3.63, 3.8) is 0 Å². The molecule has 7 heteroatoms. The number of benzene rings is 2. The van der Waals surface area contributed by atoms with Crippen LogP contribution in [0.25, 0.3) is 10.9 Å². The molecule has 3 N–H and O–H groups in total. The number of H-pyrrole nitrogens is 1. The summed E-state index contributed by atoms with van der Waals surface area (Å²) in [6.45, 7) is 0.0991. The van der Waals surface area contributed by atoms with Gasteiger partial charge in [0.15, 0.2) is 0 Å². The standard InChI is InChI=1S/C18H16ClN3O3/c1-25-15-6-7-16-11(9-15)8-12(17(23)22-16)10-20-18(24)21-14-4-2-13(19)3-5-14/h2-9H,10H2,1H3,(H,22,23)(H2,20,21,24). The number of carbonyl (C=O) groups excluding carboxylic acids is 1. The van der Waals surface area contributed by atoms with Crippen molar-refractivity contribution in [1.82, 2.24) is 10.3 Å². The van der Waals surface area contributed by atoms with Crippen molar-refractivity contribution < 1.29 is 9.53 Å². The van der Waals surface area contributed by atoms with Gasteiger partial charge in [-0.25, -0.2) is 4.79 Å². The van der Waals surface area contributed by atoms with E-state index in [9.17, 15) is 9.59 Å². The number of hydrogen-bond donors (Lipinski definition) is 3. The van der Waals surface area contributed by atoms with Gasteiger partial charge < -0.3 is 20.4 Å². The normalized spacial score (nSPS) is 10.5. The lowest BCUT2D eigenvalue weighted by atomic mass is 10.1. The van der Waals surface area contributed by atoms with Gasteiger partial charge in [0.2, 0.25) is 0 Å². The highest BCUT2D eigenvalue weighted by atomic mass is 35.5. The molecule has 2 amide bonds. The number of anilines is 1. The van der Waals surface area contributed by atoms with E-state index in [1.165, 1.54) is 0 Å². The Morgan fingerprint density at radius 3 is 2.64 bits per heavy atom. The summed E-state index contributed by atoms with van der Waals surface area (Å²) in [5.41, 5.74) is 1.52. The number of pyridine rings is 1. The molecule has 0 saturated carbocycles. The molecular weight excluding hydrogens is 342 g/mol. The monoisotopic (exact) mass is 357 g/mol. The van der Waals surface area contributed by atoms with Crippen molar-refractivity contribution in [2.45, 2.75) is 6.54 Å². The van der Waals surface area contributed by atoms with Gasteiger partial charge in [-0.1, -0.05) is 11.6 Å². The van der Waals surface area contributed by atoms with E-state index in [1.807, 2.05) is 6.07 Å². The molecule has 0 atom stereocenters. The van der Waals surface area contributed by atoms with Crippen LogP contribution in [0.1, 0.15) is 5.56 Å². The number of amides is 2. The Balaban J connectivity index is 1.71. The summed E-state index contributed by atoms with van der Waals surface area (Å²) in [6, 6.07) is 13.4. The smallest absolute Gasteiger partial charge is 0.319 e. The first-order valence-electron chi connectivity index (χ1n) is 7.55. The first-order chi connectivity index (χ1) is 12.0. The number of ether oxygens (including phenoxy) is 1. The third-order valence-electron chi connectivity index (χ3n) is 3.67. The van der Waals surface area contributed by atoms with Crippen molar-refractivity contribution in [1.29, 1.82) is 0 Å². The van der Waals surface area contributed by atoms with Gasteiger partial charge in [0, 0.05) is 33.7 Å². The third-order valence-corrected chi connectivity index (χ3v) is 3.92. The zero-order chi connectivity index (χ0) is 17.8. The number of nitrogens with one attached hydrogen (secondary N) is 3. The number of halogens is 1. The first-order valence-corrected chi connectivity index (χ1v) is 7.93. The van der Waals surface area contributed by atoms with Crippen molar-refractivity contribution in [2.75, 3.05) is 12.4 Å². The fourth-order valence-corrected chi connectivity index (χ4v) is 2.50. The van der Waals surface area contributed by atoms with E-state index in [1.54, 1.807) is 49.6 Å². The number of rotatable bonds is 4. The fourth-order valence-electron chi connectivity index (χ4n) is 2.37. The molecule has 0 aliphatic rings. The molecular formula is C18H16ClN3O3. The fraction of sp³-hybridized carbons (Fsp3) is 0.111. The second kappa shape index (κ2) is 7.27. The van der Waals surface area contributed by atoms with Crippen LogP contribution in [-0.4, -0.2) is 18.1 Å². The molecule has 6 nitrogen and oxygen atoms in total. The van der Waals surface area contributed by atoms with Gasteiger partial charge in [-0.3, -0.25) is 4.79 Å². The van der Waals surface area contributed by atoms with E-state index in [0.29, 0.717) is 27.5 Å². The van der Waals surface area contributed by atoms with Crippen molar-refractivity contribution in [3.8, 4) is 5.75 Å². The largest absolute Gasteiger partial charge is 0.497 e. The predicted octanol–water partition coefficient (Wildman–Crippen LogP) is 3.51. The molecule has 25 heavy (non-hydrogen) atoms. The van der Waals surface area contributed by atoms with E-state index in [0.717, 1.165) is 5.39 Å². The lowest BCUT2D eigenvalue weighted by Gasteiger charge is -2.09. The van der Waals surface area contributed by atoms with Crippen molar-refractivity contribution in [2.24, 2.45) is 0 Å². The molecule has 1 aromatic heterocycles. The number of methoxy groups -OCH3 is 1. The summed E-state index contributed by atoms with van der Waals surface area (Å²) in [4.78, 5) is 26.9. The number of fused-ring (bicyclic) bond motifs is 1. The highest BCUT2D eigenvalue weighted by Gasteiger charge is 2.07. The highest BCUT2D eigenvalue weighted by molar-refractivity contribution is 6.30. The second-order valence-corrected chi connectivity index (χ2v) is 5.83. The molecule has 3 rings (SSSR count). The molecule has 0 unspecified atom stereocenters. The van der Waals surface area contributed by atoms with Crippen LogP contribution in [0.5, 0.6) is 5.75 Å². The van der Waals surface area contributed by atoms with Gasteiger partial charge in [-0.15, -0.1) is 0 Å². The summed E-state index contributed by atoms with van der Waals surface area (Å²) in [5, 5.41) is 6.75. The van der Waals surface area contributed by atoms with E-state index >= 15 is 0 Å². The maximum absolute atomic E-state index is 12.1. The van der Waals surface area contributed by atoms with E-state index in [4.69, 9.17) is 16.3 Å². The molecule has 0 aliphatic heterocycles. The molecule has 0 radical (unpaired) electrons. The SMILES string of the molecule is COc1ccc2[nH]c(=O)c(CNC(=O)Nc3ccc(Cl)cc3)cc2c1. The van der Waals surface area contributed by atoms with Crippen LogP contribution in [0.3, 0.4) is 0 Å². The quantitative estimate of drug-likeness (QED) is 0.668. The Labute approximate surface area is 148 Å². The summed E-state index contributed by atoms with van der Waals surface area (Å²) >= 11 is 5.80. The first kappa shape index (κ1) is 16.9. The third kappa shape index (κ3) is 4.10.